The molecule has 1 aliphatic carbocycles. The first kappa shape index (κ1) is 22.3. The smallest absolute Gasteiger partial charge is 0.162 e. The molecule has 34 heavy (non-hydrogen) atoms. The third kappa shape index (κ3) is 3.78. The van der Waals surface area contributed by atoms with E-state index in [2.05, 4.69) is 0 Å². The van der Waals surface area contributed by atoms with Crippen molar-refractivity contribution in [3.63, 3.8) is 0 Å². The molecule has 1 unspecified atom stereocenters. The Labute approximate surface area is 202 Å². The van der Waals surface area contributed by atoms with E-state index in [1.807, 2.05) is 49.6 Å². The number of aliphatic hydroxyl groups excluding tert-OH is 1. The predicted octanol–water partition coefficient (Wildman–Crippen LogP) is 7.08. The summed E-state index contributed by atoms with van der Waals surface area (Å²) in [6.07, 6.45) is 0.979. The van der Waals surface area contributed by atoms with Gasteiger partial charge in [0.15, 0.2) is 5.78 Å². The number of nitrogens with one attached hydrogen (secondary N) is 1. The number of benzene rings is 2. The van der Waals surface area contributed by atoms with Crippen LogP contribution in [0.15, 0.2) is 89.0 Å². The van der Waals surface area contributed by atoms with E-state index in [-0.39, 0.29) is 28.6 Å². The van der Waals surface area contributed by atoms with Gasteiger partial charge in [0.2, 0.25) is 0 Å². The number of Topliss-reactive ketones (excluding diaryl/α,β-unsaturated/α-hetero) is 1. The van der Waals surface area contributed by atoms with E-state index in [1.165, 1.54) is 23.5 Å². The topological polar surface area (TPSA) is 64.4 Å². The summed E-state index contributed by atoms with van der Waals surface area (Å²) in [7, 11) is 0. The van der Waals surface area contributed by atoms with Crippen molar-refractivity contribution in [3.8, 4) is 0 Å². The second-order valence-corrected chi connectivity index (χ2v) is 10.5. The van der Waals surface area contributed by atoms with E-state index in [4.69, 9.17) is 0 Å². The van der Waals surface area contributed by atoms with Gasteiger partial charge < -0.3 is 5.11 Å². The van der Waals surface area contributed by atoms with Crippen LogP contribution in [0.4, 0.5) is 10.1 Å². The van der Waals surface area contributed by atoms with Gasteiger partial charge in [-0.05, 0) is 47.5 Å². The molecule has 6 heteroatoms. The summed E-state index contributed by atoms with van der Waals surface area (Å²) >= 11 is 1.51. The molecule has 0 saturated carbocycles. The van der Waals surface area contributed by atoms with Crippen molar-refractivity contribution in [1.29, 1.82) is 5.41 Å². The Morgan fingerprint density at radius 3 is 2.41 bits per heavy atom. The molecule has 1 aliphatic heterocycles. The van der Waals surface area contributed by atoms with Crippen LogP contribution in [0, 0.1) is 16.6 Å². The van der Waals surface area contributed by atoms with Gasteiger partial charge >= 0.3 is 0 Å². The molecule has 1 atom stereocenters. The average Bonchev–Trinajstić information content (AvgIpc) is 3.33. The van der Waals surface area contributed by atoms with Crippen molar-refractivity contribution in [2.75, 3.05) is 4.90 Å². The van der Waals surface area contributed by atoms with Crippen LogP contribution in [0.3, 0.4) is 0 Å². The van der Waals surface area contributed by atoms with Crippen LogP contribution in [-0.4, -0.2) is 16.7 Å². The van der Waals surface area contributed by atoms with Gasteiger partial charge in [-0.3, -0.25) is 15.1 Å². The SMILES string of the molecule is CC1(C)CC(=O)C2=C(C1)N(c1ccc(F)cc1)C(=N)/C(=C(/O)c1ccccc1)C2c1cccs1. The van der Waals surface area contributed by atoms with Crippen molar-refractivity contribution >= 4 is 34.4 Å². The largest absolute Gasteiger partial charge is 0.507 e. The second kappa shape index (κ2) is 8.37. The van der Waals surface area contributed by atoms with Gasteiger partial charge in [0, 0.05) is 33.8 Å². The molecule has 4 nitrogen and oxygen atoms in total. The summed E-state index contributed by atoms with van der Waals surface area (Å²) in [5.41, 5.74) is 2.63. The monoisotopic (exact) mass is 472 g/mol. The Kier molecular flexibility index (Phi) is 5.48. The van der Waals surface area contributed by atoms with E-state index in [0.29, 0.717) is 35.2 Å². The molecule has 3 aromatic rings. The first-order chi connectivity index (χ1) is 16.3. The van der Waals surface area contributed by atoms with E-state index < -0.39 is 5.92 Å². The van der Waals surface area contributed by atoms with Crippen molar-refractivity contribution in [2.24, 2.45) is 5.41 Å². The Morgan fingerprint density at radius 2 is 1.76 bits per heavy atom. The molecule has 0 saturated heterocycles. The summed E-state index contributed by atoms with van der Waals surface area (Å²) in [5.74, 6) is -0.831. The van der Waals surface area contributed by atoms with Crippen LogP contribution in [0.5, 0.6) is 0 Å². The molecule has 2 heterocycles. The highest BCUT2D eigenvalue weighted by molar-refractivity contribution is 7.10. The minimum atomic E-state index is -0.539. The molecule has 172 valence electrons. The van der Waals surface area contributed by atoms with Crippen LogP contribution in [0.1, 0.15) is 43.0 Å². The maximum Gasteiger partial charge on any atom is 0.162 e. The highest BCUT2D eigenvalue weighted by Crippen LogP contribution is 2.51. The first-order valence-corrected chi connectivity index (χ1v) is 12.1. The minimum absolute atomic E-state index is 0.0163. The van der Waals surface area contributed by atoms with Gasteiger partial charge in [-0.2, -0.15) is 0 Å². The highest BCUT2D eigenvalue weighted by atomic mass is 32.1. The van der Waals surface area contributed by atoms with Crippen molar-refractivity contribution in [2.45, 2.75) is 32.6 Å². The number of thiophene rings is 1. The number of rotatable bonds is 3. The molecule has 2 aliphatic rings. The third-order valence-electron chi connectivity index (χ3n) is 6.44. The fraction of sp³-hybridized carbons (Fsp3) is 0.214. The van der Waals surface area contributed by atoms with Crippen LogP contribution >= 0.6 is 11.3 Å². The molecule has 5 rings (SSSR count). The standard InChI is InChI=1S/C28H25FN2O2S/c1-28(2)15-20-23(21(32)16-28)24(22-9-6-14-34-22)25(26(33)17-7-4-3-5-8-17)27(30)31(20)19-12-10-18(29)11-13-19/h3-14,24,30,33H,15-16H2,1-2H3/b26-25+,30-27?. The molecule has 0 fully saturated rings. The van der Waals surface area contributed by atoms with Crippen LogP contribution < -0.4 is 4.90 Å². The average molecular weight is 473 g/mol. The zero-order valence-electron chi connectivity index (χ0n) is 19.0. The number of ketones is 1. The molecular weight excluding hydrogens is 447 g/mol. The predicted molar refractivity (Wildman–Crippen MR) is 135 cm³/mol. The van der Waals surface area contributed by atoms with Crippen molar-refractivity contribution < 1.29 is 14.3 Å². The van der Waals surface area contributed by atoms with E-state index in [9.17, 15) is 19.7 Å². The lowest BCUT2D eigenvalue weighted by molar-refractivity contribution is -0.118. The summed E-state index contributed by atoms with van der Waals surface area (Å²) in [4.78, 5) is 16.3. The molecular formula is C28H25FN2O2S. The number of nitrogens with zero attached hydrogens (tertiary/aromatic N) is 1. The number of carbonyl (C=O) groups is 1. The zero-order chi connectivity index (χ0) is 24.0. The minimum Gasteiger partial charge on any atom is -0.507 e. The van der Waals surface area contributed by atoms with Crippen LogP contribution in [0.25, 0.3) is 5.76 Å². The number of carbonyl (C=O) groups excluding carboxylic acids is 1. The zero-order valence-corrected chi connectivity index (χ0v) is 19.8. The number of hydrogen-bond donors (Lipinski definition) is 2. The van der Waals surface area contributed by atoms with Gasteiger partial charge in [0.05, 0.1) is 11.5 Å². The lowest BCUT2D eigenvalue weighted by Gasteiger charge is -2.45. The van der Waals surface area contributed by atoms with Gasteiger partial charge in [-0.25, -0.2) is 4.39 Å². The molecule has 0 bridgehead atoms. The number of halogens is 1. The maximum absolute atomic E-state index is 13.8. The molecule has 0 amide bonds. The normalized spacial score (nSPS) is 21.5. The number of allylic oxidation sites excluding steroid dienone is 2. The summed E-state index contributed by atoms with van der Waals surface area (Å²) in [5, 5.41) is 22.7. The summed E-state index contributed by atoms with van der Waals surface area (Å²) in [6.45, 7) is 4.10. The summed E-state index contributed by atoms with van der Waals surface area (Å²) in [6, 6.07) is 18.9. The lowest BCUT2D eigenvalue weighted by Crippen LogP contribution is -2.45. The second-order valence-electron chi connectivity index (χ2n) is 9.54. The quantitative estimate of drug-likeness (QED) is 0.400. The van der Waals surface area contributed by atoms with Gasteiger partial charge in [0.1, 0.15) is 17.4 Å². The lowest BCUT2D eigenvalue weighted by atomic mass is 9.68. The molecule has 0 spiro atoms. The number of aliphatic hydroxyl groups is 1. The van der Waals surface area contributed by atoms with E-state index in [1.54, 1.807) is 29.2 Å². The Bertz CT molecular complexity index is 1320. The van der Waals surface area contributed by atoms with Crippen molar-refractivity contribution in [1.82, 2.24) is 0 Å². The fourth-order valence-electron chi connectivity index (χ4n) is 4.98. The Hall–Kier alpha value is -3.51. The van der Waals surface area contributed by atoms with Gasteiger partial charge in [-0.1, -0.05) is 50.2 Å². The van der Waals surface area contributed by atoms with Crippen LogP contribution in [-0.2, 0) is 4.79 Å². The Morgan fingerprint density at radius 1 is 1.06 bits per heavy atom. The van der Waals surface area contributed by atoms with E-state index >= 15 is 0 Å². The number of hydrogen-bond acceptors (Lipinski definition) is 4. The fourth-order valence-corrected chi connectivity index (χ4v) is 5.82. The Balaban J connectivity index is 1.83. The number of anilines is 1. The van der Waals surface area contributed by atoms with Gasteiger partial charge in [-0.15, -0.1) is 11.3 Å². The maximum atomic E-state index is 13.8. The van der Waals surface area contributed by atoms with E-state index in [0.717, 1.165) is 10.6 Å². The summed E-state index contributed by atoms with van der Waals surface area (Å²) < 4.78 is 13.8. The van der Waals surface area contributed by atoms with Crippen LogP contribution in [0.2, 0.25) is 0 Å². The molecule has 2 N–H and O–H groups in total. The molecule has 0 radical (unpaired) electrons. The van der Waals surface area contributed by atoms with Crippen molar-refractivity contribution in [3.05, 3.63) is 105 Å². The highest BCUT2D eigenvalue weighted by Gasteiger charge is 2.47. The number of amidine groups is 1. The molecule has 2 aromatic carbocycles. The van der Waals surface area contributed by atoms with Gasteiger partial charge in [0.25, 0.3) is 0 Å². The first-order valence-electron chi connectivity index (χ1n) is 11.2. The third-order valence-corrected chi connectivity index (χ3v) is 7.37. The molecule has 1 aromatic heterocycles.